The van der Waals surface area contributed by atoms with Gasteiger partial charge in [0.15, 0.2) is 11.2 Å². The molecule has 0 aliphatic carbocycles. The molecule has 44 heavy (non-hydrogen) atoms. The zero-order chi connectivity index (χ0) is 31.3. The second-order valence-electron chi connectivity index (χ2n) is 11.0. The summed E-state index contributed by atoms with van der Waals surface area (Å²) in [5, 5.41) is 3.22. The van der Waals surface area contributed by atoms with E-state index >= 15 is 0 Å². The highest BCUT2D eigenvalue weighted by atomic mass is 35.5. The van der Waals surface area contributed by atoms with Crippen LogP contribution in [0.5, 0.6) is 0 Å². The maximum atomic E-state index is 13.5. The van der Waals surface area contributed by atoms with E-state index in [1.54, 1.807) is 41.9 Å². The van der Waals surface area contributed by atoms with Crippen LogP contribution in [0.15, 0.2) is 58.1 Å². The minimum atomic E-state index is -0.602. The van der Waals surface area contributed by atoms with Gasteiger partial charge in [-0.05, 0) is 35.9 Å². The normalized spacial score (nSPS) is 17.6. The number of amides is 3. The quantitative estimate of drug-likeness (QED) is 0.322. The molecule has 2 aliphatic rings. The Morgan fingerprint density at radius 1 is 0.955 bits per heavy atom. The van der Waals surface area contributed by atoms with Gasteiger partial charge in [0.05, 0.1) is 24.7 Å². The molecule has 0 saturated carbocycles. The molecule has 2 aromatic heterocycles. The molecule has 228 valence electrons. The SMILES string of the molecule is CC(=O)Nc1ccc(N2C(=O)CC(N3CCN(c4nc5c(c(=O)n(C)c(=O)n5C)n4Cc4ccccc4Cl)CC3)C2=O)cc1. The fourth-order valence-corrected chi connectivity index (χ4v) is 6.12. The number of carbonyl (C=O) groups is 3. The first-order valence-corrected chi connectivity index (χ1v) is 14.6. The second kappa shape index (κ2) is 11.4. The van der Waals surface area contributed by atoms with E-state index in [1.165, 1.54) is 23.4 Å². The number of nitrogens with one attached hydrogen (secondary N) is 1. The Bertz CT molecular complexity index is 1920. The van der Waals surface area contributed by atoms with E-state index in [0.717, 1.165) is 10.1 Å². The highest BCUT2D eigenvalue weighted by Crippen LogP contribution is 2.29. The van der Waals surface area contributed by atoms with Crippen molar-refractivity contribution in [2.75, 3.05) is 41.3 Å². The topological polar surface area (TPSA) is 135 Å². The molecule has 13 nitrogen and oxygen atoms in total. The number of aryl methyl sites for hydroxylation is 1. The third-order valence-corrected chi connectivity index (χ3v) is 8.59. The molecule has 0 radical (unpaired) electrons. The molecule has 1 N–H and O–H groups in total. The average Bonchev–Trinajstić information content (AvgIpc) is 3.53. The van der Waals surface area contributed by atoms with Gasteiger partial charge in [-0.2, -0.15) is 4.98 Å². The molecule has 2 saturated heterocycles. The minimum absolute atomic E-state index is 0.0649. The molecule has 4 heterocycles. The fraction of sp³-hybridized carbons (Fsp3) is 0.333. The lowest BCUT2D eigenvalue weighted by atomic mass is 10.1. The number of fused-ring (bicyclic) bond motifs is 1. The number of benzene rings is 2. The standard InChI is InChI=1S/C30H31ClN8O5/c1-18(40)32-20-8-10-21(11-9-20)39-24(41)16-23(27(39)42)36-12-14-37(15-13-36)29-33-26-25(28(43)35(3)30(44)34(26)2)38(29)17-19-6-4-5-7-22(19)31/h4-11,23H,12-17H2,1-3H3,(H,32,40). The van der Waals surface area contributed by atoms with Gasteiger partial charge in [0, 0.05) is 57.9 Å². The molecule has 3 amide bonds. The number of rotatable bonds is 6. The van der Waals surface area contributed by atoms with Gasteiger partial charge in [-0.15, -0.1) is 0 Å². The summed E-state index contributed by atoms with van der Waals surface area (Å²) in [7, 11) is 3.02. The van der Waals surface area contributed by atoms with Crippen molar-refractivity contribution in [3.05, 3.63) is 80.0 Å². The predicted molar refractivity (Wildman–Crippen MR) is 166 cm³/mol. The number of halogens is 1. The highest BCUT2D eigenvalue weighted by molar-refractivity contribution is 6.31. The van der Waals surface area contributed by atoms with Gasteiger partial charge in [0.1, 0.15) is 0 Å². The van der Waals surface area contributed by atoms with Crippen LogP contribution < -0.4 is 26.4 Å². The fourth-order valence-electron chi connectivity index (χ4n) is 5.93. The lowest BCUT2D eigenvalue weighted by Crippen LogP contribution is -2.53. The Morgan fingerprint density at radius 2 is 1.64 bits per heavy atom. The van der Waals surface area contributed by atoms with Crippen LogP contribution in [0.3, 0.4) is 0 Å². The Balaban J connectivity index is 1.25. The maximum Gasteiger partial charge on any atom is 0.332 e. The van der Waals surface area contributed by atoms with Crippen molar-refractivity contribution < 1.29 is 14.4 Å². The van der Waals surface area contributed by atoms with Gasteiger partial charge in [-0.3, -0.25) is 37.8 Å². The Kier molecular flexibility index (Phi) is 7.59. The molecule has 2 aliphatic heterocycles. The molecule has 2 fully saturated rings. The summed E-state index contributed by atoms with van der Waals surface area (Å²) in [5.74, 6) is -0.267. The van der Waals surface area contributed by atoms with Crippen molar-refractivity contribution >= 4 is 57.8 Å². The molecule has 2 aromatic carbocycles. The lowest BCUT2D eigenvalue weighted by Gasteiger charge is -2.37. The van der Waals surface area contributed by atoms with E-state index in [2.05, 4.69) is 5.32 Å². The third-order valence-electron chi connectivity index (χ3n) is 8.22. The molecular formula is C30H31ClN8O5. The van der Waals surface area contributed by atoms with Gasteiger partial charge in [0.25, 0.3) is 11.5 Å². The highest BCUT2D eigenvalue weighted by Gasteiger charge is 2.43. The Hall–Kier alpha value is -4.75. The minimum Gasteiger partial charge on any atom is -0.340 e. The number of hydrogen-bond donors (Lipinski definition) is 1. The summed E-state index contributed by atoms with van der Waals surface area (Å²) >= 11 is 6.49. The van der Waals surface area contributed by atoms with E-state index in [9.17, 15) is 24.0 Å². The van der Waals surface area contributed by atoms with Crippen molar-refractivity contribution in [1.29, 1.82) is 0 Å². The Labute approximate surface area is 256 Å². The number of aromatic nitrogens is 4. The number of imidazole rings is 1. The van der Waals surface area contributed by atoms with Crippen molar-refractivity contribution in [1.82, 2.24) is 23.6 Å². The van der Waals surface area contributed by atoms with Gasteiger partial charge >= 0.3 is 5.69 Å². The molecule has 4 aromatic rings. The molecular weight excluding hydrogens is 588 g/mol. The zero-order valence-electron chi connectivity index (χ0n) is 24.5. The van der Waals surface area contributed by atoms with E-state index in [-0.39, 0.29) is 36.3 Å². The molecule has 1 unspecified atom stereocenters. The van der Waals surface area contributed by atoms with Crippen LogP contribution in [0, 0.1) is 0 Å². The van der Waals surface area contributed by atoms with E-state index < -0.39 is 17.3 Å². The van der Waals surface area contributed by atoms with E-state index in [1.807, 2.05) is 28.0 Å². The molecule has 14 heteroatoms. The van der Waals surface area contributed by atoms with Crippen LogP contribution in [-0.4, -0.2) is 73.5 Å². The van der Waals surface area contributed by atoms with Crippen molar-refractivity contribution in [2.24, 2.45) is 14.1 Å². The summed E-state index contributed by atoms with van der Waals surface area (Å²) in [6, 6.07) is 13.3. The predicted octanol–water partition coefficient (Wildman–Crippen LogP) is 1.55. The van der Waals surface area contributed by atoms with Crippen molar-refractivity contribution in [3.8, 4) is 0 Å². The first kappa shape index (κ1) is 29.3. The third kappa shape index (κ3) is 5.07. The van der Waals surface area contributed by atoms with Gasteiger partial charge < -0.3 is 10.2 Å². The Morgan fingerprint density at radius 3 is 2.30 bits per heavy atom. The van der Waals surface area contributed by atoms with Crippen LogP contribution in [-0.2, 0) is 35.0 Å². The second-order valence-corrected chi connectivity index (χ2v) is 11.4. The number of piperazine rings is 1. The summed E-state index contributed by atoms with van der Waals surface area (Å²) in [6.07, 6.45) is 0.0649. The molecule has 0 bridgehead atoms. The largest absolute Gasteiger partial charge is 0.340 e. The first-order chi connectivity index (χ1) is 21.0. The summed E-state index contributed by atoms with van der Waals surface area (Å²) in [5.41, 5.74) is 1.47. The first-order valence-electron chi connectivity index (χ1n) is 14.2. The van der Waals surface area contributed by atoms with E-state index in [4.69, 9.17) is 16.6 Å². The van der Waals surface area contributed by atoms with Crippen molar-refractivity contribution in [2.45, 2.75) is 25.9 Å². The summed E-state index contributed by atoms with van der Waals surface area (Å²) in [6.45, 7) is 3.58. The summed E-state index contributed by atoms with van der Waals surface area (Å²) < 4.78 is 4.22. The lowest BCUT2D eigenvalue weighted by molar-refractivity contribution is -0.123. The van der Waals surface area contributed by atoms with Crippen LogP contribution >= 0.6 is 11.6 Å². The van der Waals surface area contributed by atoms with E-state index in [0.29, 0.717) is 54.0 Å². The zero-order valence-corrected chi connectivity index (χ0v) is 25.2. The maximum absolute atomic E-state index is 13.5. The van der Waals surface area contributed by atoms with Gasteiger partial charge in [-0.1, -0.05) is 29.8 Å². The number of anilines is 3. The molecule has 1 atom stereocenters. The van der Waals surface area contributed by atoms with Gasteiger partial charge in [0.2, 0.25) is 17.8 Å². The molecule has 0 spiro atoms. The van der Waals surface area contributed by atoms with Gasteiger partial charge in [-0.25, -0.2) is 9.69 Å². The monoisotopic (exact) mass is 618 g/mol. The smallest absolute Gasteiger partial charge is 0.332 e. The van der Waals surface area contributed by atoms with Crippen LogP contribution in [0.4, 0.5) is 17.3 Å². The average molecular weight is 619 g/mol. The number of imide groups is 1. The van der Waals surface area contributed by atoms with Crippen molar-refractivity contribution in [3.63, 3.8) is 0 Å². The summed E-state index contributed by atoms with van der Waals surface area (Å²) in [4.78, 5) is 73.8. The molecule has 6 rings (SSSR count). The van der Waals surface area contributed by atoms with Crippen LogP contribution in [0.25, 0.3) is 11.2 Å². The number of nitrogens with zero attached hydrogens (tertiary/aromatic N) is 7. The van der Waals surface area contributed by atoms with Crippen LogP contribution in [0.1, 0.15) is 18.9 Å². The number of carbonyl (C=O) groups excluding carboxylic acids is 3. The van der Waals surface area contributed by atoms with Crippen LogP contribution in [0.2, 0.25) is 5.02 Å². The number of hydrogen-bond acceptors (Lipinski definition) is 8.